The molecule has 3 nitrogen and oxygen atoms in total. The van der Waals surface area contributed by atoms with Gasteiger partial charge in [-0.15, -0.1) is 0 Å². The Labute approximate surface area is 98.0 Å². The minimum atomic E-state index is -0.968. The number of rotatable bonds is 2. The lowest BCUT2D eigenvalue weighted by atomic mass is 9.67. The highest BCUT2D eigenvalue weighted by molar-refractivity contribution is 7.99. The SMILES string of the molecule is O=C(O)C1(C2(O)CCSC2)CCSCC1. The summed E-state index contributed by atoms with van der Waals surface area (Å²) in [5.41, 5.74) is -1.84. The highest BCUT2D eigenvalue weighted by atomic mass is 32.2. The summed E-state index contributed by atoms with van der Waals surface area (Å²) < 4.78 is 0. The fraction of sp³-hybridized carbons (Fsp3) is 0.900. The lowest BCUT2D eigenvalue weighted by Gasteiger charge is -2.43. The number of thioether (sulfide) groups is 2. The van der Waals surface area contributed by atoms with Crippen LogP contribution >= 0.6 is 23.5 Å². The number of carboxylic acid groups (broad SMARTS) is 1. The van der Waals surface area contributed by atoms with E-state index in [4.69, 9.17) is 0 Å². The van der Waals surface area contributed by atoms with Crippen LogP contribution in [0.15, 0.2) is 0 Å². The van der Waals surface area contributed by atoms with E-state index in [-0.39, 0.29) is 0 Å². The summed E-state index contributed by atoms with van der Waals surface area (Å²) in [4.78, 5) is 11.5. The number of carboxylic acids is 1. The van der Waals surface area contributed by atoms with Crippen LogP contribution in [0.5, 0.6) is 0 Å². The van der Waals surface area contributed by atoms with E-state index < -0.39 is 17.0 Å². The molecule has 0 saturated carbocycles. The van der Waals surface area contributed by atoms with Crippen LogP contribution in [0.4, 0.5) is 0 Å². The van der Waals surface area contributed by atoms with Gasteiger partial charge in [0, 0.05) is 5.75 Å². The van der Waals surface area contributed by atoms with Crippen LogP contribution in [-0.4, -0.2) is 44.8 Å². The van der Waals surface area contributed by atoms with Crippen LogP contribution in [0.1, 0.15) is 19.3 Å². The molecule has 1 unspecified atom stereocenters. The molecular formula is C10H16O3S2. The Kier molecular flexibility index (Phi) is 3.24. The highest BCUT2D eigenvalue weighted by Gasteiger charge is 2.57. The van der Waals surface area contributed by atoms with Gasteiger partial charge < -0.3 is 10.2 Å². The van der Waals surface area contributed by atoms with Crippen molar-refractivity contribution in [3.05, 3.63) is 0 Å². The van der Waals surface area contributed by atoms with E-state index in [2.05, 4.69) is 0 Å². The average Bonchev–Trinajstić information content (AvgIpc) is 2.67. The van der Waals surface area contributed by atoms with Gasteiger partial charge in [-0.3, -0.25) is 4.79 Å². The maximum Gasteiger partial charge on any atom is 0.312 e. The lowest BCUT2D eigenvalue weighted by molar-refractivity contribution is -0.167. The van der Waals surface area contributed by atoms with E-state index in [9.17, 15) is 15.0 Å². The summed E-state index contributed by atoms with van der Waals surface area (Å²) in [5, 5.41) is 20.0. The second-order valence-corrected chi connectivity index (χ2v) is 6.66. The Morgan fingerprint density at radius 1 is 1.07 bits per heavy atom. The van der Waals surface area contributed by atoms with Gasteiger partial charge in [-0.1, -0.05) is 0 Å². The van der Waals surface area contributed by atoms with Crippen molar-refractivity contribution in [3.8, 4) is 0 Å². The molecule has 2 N–H and O–H groups in total. The standard InChI is InChI=1S/C10H16O3S2/c11-8(12)9(1-4-14-5-2-9)10(13)3-6-15-7-10/h13H,1-7H2,(H,11,12). The maximum absolute atomic E-state index is 11.5. The predicted octanol–water partition coefficient (Wildman–Crippen LogP) is 1.45. The third kappa shape index (κ3) is 1.78. The second kappa shape index (κ2) is 4.18. The molecule has 0 radical (unpaired) electrons. The second-order valence-electron chi connectivity index (χ2n) is 4.33. The van der Waals surface area contributed by atoms with Crippen molar-refractivity contribution in [2.24, 2.45) is 5.41 Å². The van der Waals surface area contributed by atoms with Gasteiger partial charge in [0.2, 0.25) is 0 Å². The molecule has 2 aliphatic heterocycles. The van der Waals surface area contributed by atoms with Gasteiger partial charge >= 0.3 is 5.97 Å². The Hall–Kier alpha value is 0.130. The molecule has 0 amide bonds. The molecule has 2 saturated heterocycles. The predicted molar refractivity (Wildman–Crippen MR) is 63.5 cm³/mol. The summed E-state index contributed by atoms with van der Waals surface area (Å²) >= 11 is 3.46. The fourth-order valence-electron chi connectivity index (χ4n) is 2.53. The monoisotopic (exact) mass is 248 g/mol. The quantitative estimate of drug-likeness (QED) is 0.774. The van der Waals surface area contributed by atoms with Gasteiger partial charge in [0.25, 0.3) is 0 Å². The number of carbonyl (C=O) groups is 1. The van der Waals surface area contributed by atoms with Gasteiger partial charge in [-0.05, 0) is 36.5 Å². The van der Waals surface area contributed by atoms with Crippen molar-refractivity contribution >= 4 is 29.5 Å². The lowest BCUT2D eigenvalue weighted by Crippen LogP contribution is -2.55. The van der Waals surface area contributed by atoms with Crippen molar-refractivity contribution in [1.82, 2.24) is 0 Å². The summed E-state index contributed by atoms with van der Waals surface area (Å²) in [6.45, 7) is 0. The average molecular weight is 248 g/mol. The van der Waals surface area contributed by atoms with Gasteiger partial charge in [0.1, 0.15) is 0 Å². The van der Waals surface area contributed by atoms with Crippen molar-refractivity contribution < 1.29 is 15.0 Å². The van der Waals surface area contributed by atoms with E-state index in [0.29, 0.717) is 25.0 Å². The van der Waals surface area contributed by atoms with Gasteiger partial charge in [-0.25, -0.2) is 0 Å². The Bertz CT molecular complexity index is 255. The van der Waals surface area contributed by atoms with E-state index >= 15 is 0 Å². The number of hydrogen-bond acceptors (Lipinski definition) is 4. The molecule has 5 heteroatoms. The Morgan fingerprint density at radius 3 is 2.13 bits per heavy atom. The minimum absolute atomic E-state index is 0.587. The van der Waals surface area contributed by atoms with Crippen molar-refractivity contribution in [3.63, 3.8) is 0 Å². The van der Waals surface area contributed by atoms with E-state index in [1.54, 1.807) is 23.5 Å². The molecule has 0 spiro atoms. The van der Waals surface area contributed by atoms with Crippen LogP contribution in [0.3, 0.4) is 0 Å². The fourth-order valence-corrected chi connectivity index (χ4v) is 5.10. The number of aliphatic hydroxyl groups is 1. The van der Waals surface area contributed by atoms with Crippen LogP contribution < -0.4 is 0 Å². The Morgan fingerprint density at radius 2 is 1.67 bits per heavy atom. The first-order valence-corrected chi connectivity index (χ1v) is 7.53. The van der Waals surface area contributed by atoms with E-state index in [1.807, 2.05) is 0 Å². The minimum Gasteiger partial charge on any atom is -0.481 e. The summed E-state index contributed by atoms with van der Waals surface area (Å²) in [5.74, 6) is 2.40. The Balaban J connectivity index is 2.28. The molecule has 2 heterocycles. The van der Waals surface area contributed by atoms with Crippen molar-refractivity contribution in [2.75, 3.05) is 23.0 Å². The van der Waals surface area contributed by atoms with Gasteiger partial charge in [-0.2, -0.15) is 23.5 Å². The molecule has 86 valence electrons. The molecule has 0 bridgehead atoms. The molecule has 2 aliphatic rings. The molecule has 0 aromatic rings. The number of aliphatic carboxylic acids is 1. The van der Waals surface area contributed by atoms with Crippen LogP contribution in [0, 0.1) is 5.41 Å². The smallest absolute Gasteiger partial charge is 0.312 e. The first-order valence-electron chi connectivity index (χ1n) is 5.22. The van der Waals surface area contributed by atoms with E-state index in [0.717, 1.165) is 17.3 Å². The largest absolute Gasteiger partial charge is 0.481 e. The number of hydrogen-bond donors (Lipinski definition) is 2. The molecular weight excluding hydrogens is 232 g/mol. The third-order valence-corrected chi connectivity index (χ3v) is 5.81. The molecule has 0 aliphatic carbocycles. The molecule has 2 fully saturated rings. The zero-order chi connectivity index (χ0) is 10.9. The normalized spacial score (nSPS) is 35.3. The summed E-state index contributed by atoms with van der Waals surface area (Å²) in [6, 6.07) is 0. The van der Waals surface area contributed by atoms with Gasteiger partial charge in [0.15, 0.2) is 0 Å². The third-order valence-electron chi connectivity index (χ3n) is 3.65. The molecule has 2 rings (SSSR count). The zero-order valence-corrected chi connectivity index (χ0v) is 10.2. The molecule has 1 atom stereocenters. The topological polar surface area (TPSA) is 57.5 Å². The first kappa shape index (κ1) is 11.6. The molecule has 0 aromatic heterocycles. The van der Waals surface area contributed by atoms with Crippen molar-refractivity contribution in [1.29, 1.82) is 0 Å². The van der Waals surface area contributed by atoms with Crippen molar-refractivity contribution in [2.45, 2.75) is 24.9 Å². The first-order chi connectivity index (χ1) is 7.11. The summed E-state index contributed by atoms with van der Waals surface area (Å²) in [6.07, 6.45) is 1.86. The molecule has 0 aromatic carbocycles. The summed E-state index contributed by atoms with van der Waals surface area (Å²) in [7, 11) is 0. The maximum atomic E-state index is 11.5. The van der Waals surface area contributed by atoms with Crippen LogP contribution in [0.2, 0.25) is 0 Å². The van der Waals surface area contributed by atoms with Crippen LogP contribution in [-0.2, 0) is 4.79 Å². The van der Waals surface area contributed by atoms with Gasteiger partial charge in [0.05, 0.1) is 11.0 Å². The highest BCUT2D eigenvalue weighted by Crippen LogP contribution is 2.50. The van der Waals surface area contributed by atoms with Crippen LogP contribution in [0.25, 0.3) is 0 Å². The zero-order valence-electron chi connectivity index (χ0n) is 8.57. The molecule has 15 heavy (non-hydrogen) atoms. The van der Waals surface area contributed by atoms with E-state index in [1.165, 1.54) is 0 Å².